The summed E-state index contributed by atoms with van der Waals surface area (Å²) in [5, 5.41) is 14.1. The Balaban J connectivity index is 2.72. The van der Waals surface area contributed by atoms with Crippen LogP contribution in [0.25, 0.3) is 11.1 Å². The van der Waals surface area contributed by atoms with Crippen LogP contribution in [0.2, 0.25) is 5.02 Å². The number of benzene rings is 1. The first-order chi connectivity index (χ1) is 8.95. The van der Waals surface area contributed by atoms with Gasteiger partial charge in [0.15, 0.2) is 0 Å². The number of aryl methyl sites for hydroxylation is 2. The maximum Gasteiger partial charge on any atom is 0.336 e. The third-order valence-corrected chi connectivity index (χ3v) is 3.40. The van der Waals surface area contributed by atoms with E-state index in [1.54, 1.807) is 12.1 Å². The van der Waals surface area contributed by atoms with Crippen molar-refractivity contribution in [3.63, 3.8) is 0 Å². The van der Waals surface area contributed by atoms with E-state index in [9.17, 15) is 9.90 Å². The zero-order valence-electron chi connectivity index (χ0n) is 11.1. The summed E-state index contributed by atoms with van der Waals surface area (Å²) in [6.07, 6.45) is 0. The molecule has 1 N–H and O–H groups in total. The van der Waals surface area contributed by atoms with E-state index < -0.39 is 5.97 Å². The lowest BCUT2D eigenvalue weighted by atomic mass is 9.98. The Labute approximate surface area is 116 Å². The summed E-state index contributed by atoms with van der Waals surface area (Å²) in [6.45, 7) is 6.58. The zero-order chi connectivity index (χ0) is 14.2. The maximum absolute atomic E-state index is 11.4. The minimum Gasteiger partial charge on any atom is -0.478 e. The number of nitrogens with zero attached hydrogens (tertiary/aromatic N) is 2. The standard InChI is InChI=1S/C14H15ClN2O2/c1-4-17-9(3)13(8(2)16-17)11-6-5-10(15)7-12(11)14(18)19/h5-7H,4H2,1-3H3,(H,18,19). The summed E-state index contributed by atoms with van der Waals surface area (Å²) in [5.41, 5.74) is 3.52. The topological polar surface area (TPSA) is 55.1 Å². The minimum atomic E-state index is -0.986. The molecule has 19 heavy (non-hydrogen) atoms. The van der Waals surface area contributed by atoms with Gasteiger partial charge in [-0.2, -0.15) is 5.10 Å². The second kappa shape index (κ2) is 5.05. The Hall–Kier alpha value is -1.81. The van der Waals surface area contributed by atoms with Crippen LogP contribution in [0.3, 0.4) is 0 Å². The average molecular weight is 279 g/mol. The number of carbonyl (C=O) groups is 1. The maximum atomic E-state index is 11.4. The Morgan fingerprint density at radius 3 is 2.63 bits per heavy atom. The highest BCUT2D eigenvalue weighted by Gasteiger charge is 2.19. The van der Waals surface area contributed by atoms with Gasteiger partial charge in [0.05, 0.1) is 11.3 Å². The number of aromatic carboxylic acids is 1. The highest BCUT2D eigenvalue weighted by atomic mass is 35.5. The van der Waals surface area contributed by atoms with Crippen LogP contribution in [0.1, 0.15) is 28.7 Å². The molecule has 2 aromatic rings. The fourth-order valence-corrected chi connectivity index (χ4v) is 2.48. The zero-order valence-corrected chi connectivity index (χ0v) is 11.8. The lowest BCUT2D eigenvalue weighted by Gasteiger charge is -2.08. The van der Waals surface area contributed by atoms with Crippen LogP contribution < -0.4 is 0 Å². The van der Waals surface area contributed by atoms with Crippen molar-refractivity contribution in [1.82, 2.24) is 9.78 Å². The number of carboxylic acid groups (broad SMARTS) is 1. The van der Waals surface area contributed by atoms with Crippen molar-refractivity contribution in [2.45, 2.75) is 27.3 Å². The summed E-state index contributed by atoms with van der Waals surface area (Å²) in [5.74, 6) is -0.986. The molecular formula is C14H15ClN2O2. The number of halogens is 1. The third kappa shape index (κ3) is 2.36. The van der Waals surface area contributed by atoms with Crippen LogP contribution >= 0.6 is 11.6 Å². The predicted molar refractivity (Wildman–Crippen MR) is 74.8 cm³/mol. The molecule has 0 aliphatic carbocycles. The van der Waals surface area contributed by atoms with Gasteiger partial charge in [0.2, 0.25) is 0 Å². The molecule has 5 heteroatoms. The second-order valence-corrected chi connectivity index (χ2v) is 4.79. The van der Waals surface area contributed by atoms with E-state index in [0.29, 0.717) is 10.6 Å². The highest BCUT2D eigenvalue weighted by molar-refractivity contribution is 6.31. The summed E-state index contributed by atoms with van der Waals surface area (Å²) in [7, 11) is 0. The molecule has 1 aromatic heterocycles. The number of hydrogen-bond donors (Lipinski definition) is 1. The van der Waals surface area contributed by atoms with Gasteiger partial charge in [-0.05, 0) is 38.5 Å². The molecule has 0 saturated carbocycles. The van der Waals surface area contributed by atoms with Gasteiger partial charge in [-0.3, -0.25) is 4.68 Å². The Morgan fingerprint density at radius 1 is 1.42 bits per heavy atom. The van der Waals surface area contributed by atoms with Crippen LogP contribution in [-0.2, 0) is 6.54 Å². The van der Waals surface area contributed by atoms with Crippen molar-refractivity contribution in [3.8, 4) is 11.1 Å². The third-order valence-electron chi connectivity index (χ3n) is 3.16. The van der Waals surface area contributed by atoms with E-state index in [-0.39, 0.29) is 5.56 Å². The second-order valence-electron chi connectivity index (χ2n) is 4.36. The molecule has 0 unspecified atom stereocenters. The van der Waals surface area contributed by atoms with Crippen molar-refractivity contribution in [2.24, 2.45) is 0 Å². The normalized spacial score (nSPS) is 10.7. The largest absolute Gasteiger partial charge is 0.478 e. The summed E-state index contributed by atoms with van der Waals surface area (Å²) >= 11 is 5.88. The van der Waals surface area contributed by atoms with E-state index in [4.69, 9.17) is 11.6 Å². The highest BCUT2D eigenvalue weighted by Crippen LogP contribution is 2.31. The average Bonchev–Trinajstić information content (AvgIpc) is 2.64. The van der Waals surface area contributed by atoms with E-state index in [0.717, 1.165) is 23.5 Å². The molecule has 0 radical (unpaired) electrons. The minimum absolute atomic E-state index is 0.203. The molecular weight excluding hydrogens is 264 g/mol. The van der Waals surface area contributed by atoms with Crippen molar-refractivity contribution < 1.29 is 9.90 Å². The molecule has 100 valence electrons. The van der Waals surface area contributed by atoms with Crippen molar-refractivity contribution in [2.75, 3.05) is 0 Å². The van der Waals surface area contributed by atoms with E-state index in [1.807, 2.05) is 25.5 Å². The SMILES string of the molecule is CCn1nc(C)c(-c2ccc(Cl)cc2C(=O)O)c1C. The van der Waals surface area contributed by atoms with Gasteiger partial charge >= 0.3 is 5.97 Å². The van der Waals surface area contributed by atoms with Gasteiger partial charge in [0, 0.05) is 22.8 Å². The van der Waals surface area contributed by atoms with Crippen LogP contribution in [0.5, 0.6) is 0 Å². The first-order valence-corrected chi connectivity index (χ1v) is 6.40. The van der Waals surface area contributed by atoms with E-state index in [2.05, 4.69) is 5.10 Å². The molecule has 1 aromatic carbocycles. The first kappa shape index (κ1) is 13.6. The van der Waals surface area contributed by atoms with Crippen LogP contribution in [0, 0.1) is 13.8 Å². The van der Waals surface area contributed by atoms with Gasteiger partial charge in [-0.15, -0.1) is 0 Å². The monoisotopic (exact) mass is 278 g/mol. The Kier molecular flexibility index (Phi) is 3.62. The lowest BCUT2D eigenvalue weighted by Crippen LogP contribution is -2.01. The van der Waals surface area contributed by atoms with Crippen LogP contribution in [0.15, 0.2) is 18.2 Å². The molecule has 0 atom stereocenters. The molecule has 0 aliphatic heterocycles. The summed E-state index contributed by atoms with van der Waals surface area (Å²) in [4.78, 5) is 11.4. The quantitative estimate of drug-likeness (QED) is 0.934. The van der Waals surface area contributed by atoms with Gasteiger partial charge < -0.3 is 5.11 Å². The Morgan fingerprint density at radius 2 is 2.11 bits per heavy atom. The molecule has 0 fully saturated rings. The van der Waals surface area contributed by atoms with E-state index in [1.165, 1.54) is 6.07 Å². The predicted octanol–water partition coefficient (Wildman–Crippen LogP) is 3.54. The van der Waals surface area contributed by atoms with Gasteiger partial charge in [0.25, 0.3) is 0 Å². The summed E-state index contributed by atoms with van der Waals surface area (Å²) in [6, 6.07) is 4.91. The number of hydrogen-bond acceptors (Lipinski definition) is 2. The fraction of sp³-hybridized carbons (Fsp3) is 0.286. The number of carboxylic acids is 1. The van der Waals surface area contributed by atoms with Crippen molar-refractivity contribution >= 4 is 17.6 Å². The van der Waals surface area contributed by atoms with Crippen molar-refractivity contribution in [3.05, 3.63) is 40.2 Å². The molecule has 0 bridgehead atoms. The molecule has 0 amide bonds. The van der Waals surface area contributed by atoms with E-state index >= 15 is 0 Å². The van der Waals surface area contributed by atoms with Crippen LogP contribution in [-0.4, -0.2) is 20.9 Å². The number of aromatic nitrogens is 2. The van der Waals surface area contributed by atoms with Gasteiger partial charge in [-0.1, -0.05) is 17.7 Å². The molecule has 1 heterocycles. The van der Waals surface area contributed by atoms with Crippen LogP contribution in [0.4, 0.5) is 0 Å². The molecule has 0 aliphatic rings. The Bertz CT molecular complexity index is 647. The molecule has 4 nitrogen and oxygen atoms in total. The molecule has 0 saturated heterocycles. The van der Waals surface area contributed by atoms with Gasteiger partial charge in [0.1, 0.15) is 0 Å². The number of rotatable bonds is 3. The fourth-order valence-electron chi connectivity index (χ4n) is 2.31. The lowest BCUT2D eigenvalue weighted by molar-refractivity contribution is 0.0697. The van der Waals surface area contributed by atoms with Gasteiger partial charge in [-0.25, -0.2) is 4.79 Å². The first-order valence-electron chi connectivity index (χ1n) is 6.03. The van der Waals surface area contributed by atoms with Crippen molar-refractivity contribution in [1.29, 1.82) is 0 Å². The summed E-state index contributed by atoms with van der Waals surface area (Å²) < 4.78 is 1.87. The molecule has 2 rings (SSSR count). The molecule has 0 spiro atoms. The smallest absolute Gasteiger partial charge is 0.336 e.